The smallest absolute Gasteiger partial charge is 0.495 e. The van der Waals surface area contributed by atoms with Crippen molar-refractivity contribution in [2.24, 2.45) is 5.73 Å². The van der Waals surface area contributed by atoms with Crippen molar-refractivity contribution in [1.29, 1.82) is 0 Å². The van der Waals surface area contributed by atoms with Crippen LogP contribution in [0.5, 0.6) is 0 Å². The molecule has 0 aromatic carbocycles. The molecule has 6 heteroatoms. The highest BCUT2D eigenvalue weighted by Crippen LogP contribution is 2.43. The van der Waals surface area contributed by atoms with E-state index in [1.54, 1.807) is 6.26 Å². The summed E-state index contributed by atoms with van der Waals surface area (Å²) in [5, 5.41) is 9.63. The maximum absolute atomic E-state index is 9.63. The summed E-state index contributed by atoms with van der Waals surface area (Å²) in [6.07, 6.45) is 3.46. The van der Waals surface area contributed by atoms with Gasteiger partial charge in [0, 0.05) is 6.54 Å². The van der Waals surface area contributed by atoms with Gasteiger partial charge >= 0.3 is 7.12 Å². The Hall–Kier alpha value is -1.08. The molecule has 0 saturated heterocycles. The van der Waals surface area contributed by atoms with Crippen LogP contribution in [-0.4, -0.2) is 43.7 Å². The molecular formula is C13H18BNO4. The second-order valence-corrected chi connectivity index (χ2v) is 5.30. The van der Waals surface area contributed by atoms with E-state index in [2.05, 4.69) is 0 Å². The van der Waals surface area contributed by atoms with E-state index in [1.165, 1.54) is 0 Å². The molecule has 2 atom stereocenters. The molecule has 5 nitrogen and oxygen atoms in total. The van der Waals surface area contributed by atoms with Gasteiger partial charge in [0.1, 0.15) is 6.61 Å². The fourth-order valence-corrected chi connectivity index (χ4v) is 2.88. The molecule has 0 fully saturated rings. The minimum Gasteiger partial charge on any atom is -0.497 e. The molecule has 0 aliphatic carbocycles. The summed E-state index contributed by atoms with van der Waals surface area (Å²) in [6, 6.07) is 0. The lowest BCUT2D eigenvalue weighted by atomic mass is 9.68. The van der Waals surface area contributed by atoms with Crippen molar-refractivity contribution in [2.45, 2.75) is 25.6 Å². The largest absolute Gasteiger partial charge is 0.497 e. The predicted octanol–water partition coefficient (Wildman–Crippen LogP) is 0.310. The first kappa shape index (κ1) is 12.9. The van der Waals surface area contributed by atoms with Gasteiger partial charge in [0.2, 0.25) is 0 Å². The third-order valence-electron chi connectivity index (χ3n) is 4.13. The molecule has 0 aromatic rings. The van der Waals surface area contributed by atoms with E-state index in [-0.39, 0.29) is 12.7 Å². The molecule has 0 unspecified atom stereocenters. The number of hydrogen-bond donors (Lipinski definition) is 2. The minimum absolute atomic E-state index is 0.103. The topological polar surface area (TPSA) is 73.9 Å². The monoisotopic (exact) mass is 263 g/mol. The summed E-state index contributed by atoms with van der Waals surface area (Å²) in [5.74, 6) is 0. The van der Waals surface area contributed by atoms with Crippen molar-refractivity contribution >= 4 is 7.12 Å². The van der Waals surface area contributed by atoms with Crippen molar-refractivity contribution < 1.29 is 19.2 Å². The molecule has 0 amide bonds. The van der Waals surface area contributed by atoms with Gasteiger partial charge in [-0.15, -0.1) is 0 Å². The van der Waals surface area contributed by atoms with Crippen molar-refractivity contribution in [3.63, 3.8) is 0 Å². The third kappa shape index (κ3) is 1.79. The van der Waals surface area contributed by atoms with Gasteiger partial charge in [-0.3, -0.25) is 0 Å². The van der Waals surface area contributed by atoms with E-state index in [9.17, 15) is 5.11 Å². The first-order chi connectivity index (χ1) is 9.10. The highest BCUT2D eigenvalue weighted by molar-refractivity contribution is 6.57. The van der Waals surface area contributed by atoms with Crippen LogP contribution >= 0.6 is 0 Å². The predicted molar refractivity (Wildman–Crippen MR) is 71.1 cm³/mol. The lowest BCUT2D eigenvalue weighted by Gasteiger charge is -2.30. The Bertz CT molecular complexity index is 499. The quantitative estimate of drug-likeness (QED) is 0.701. The lowest BCUT2D eigenvalue weighted by Crippen LogP contribution is -2.42. The molecule has 0 aromatic heterocycles. The van der Waals surface area contributed by atoms with Gasteiger partial charge in [0.25, 0.3) is 0 Å². The lowest BCUT2D eigenvalue weighted by molar-refractivity contribution is 0.0289. The van der Waals surface area contributed by atoms with E-state index in [4.69, 9.17) is 19.8 Å². The van der Waals surface area contributed by atoms with Crippen LogP contribution in [0.4, 0.5) is 0 Å². The summed E-state index contributed by atoms with van der Waals surface area (Å²) in [4.78, 5) is 0. The fraction of sp³-hybridized carbons (Fsp3) is 0.538. The average molecular weight is 263 g/mol. The summed E-state index contributed by atoms with van der Waals surface area (Å²) in [6.45, 7) is 4.58. The molecule has 3 heterocycles. The molecule has 19 heavy (non-hydrogen) atoms. The summed E-state index contributed by atoms with van der Waals surface area (Å²) in [7, 11) is -0.467. The van der Waals surface area contributed by atoms with Crippen LogP contribution in [0.1, 0.15) is 13.8 Å². The molecule has 3 aliphatic heterocycles. The Morgan fingerprint density at radius 3 is 3.05 bits per heavy atom. The maximum atomic E-state index is 9.63. The van der Waals surface area contributed by atoms with Gasteiger partial charge in [-0.25, -0.2) is 0 Å². The van der Waals surface area contributed by atoms with Crippen molar-refractivity contribution in [3.8, 4) is 0 Å². The van der Waals surface area contributed by atoms with Crippen LogP contribution in [0.2, 0.25) is 0 Å². The highest BCUT2D eigenvalue weighted by atomic mass is 16.6. The zero-order chi connectivity index (χ0) is 13.6. The Labute approximate surface area is 112 Å². The number of nitrogens with two attached hydrogens (primary N) is 1. The van der Waals surface area contributed by atoms with Crippen LogP contribution in [-0.2, 0) is 14.0 Å². The van der Waals surface area contributed by atoms with Gasteiger partial charge in [0.15, 0.2) is 0 Å². The average Bonchev–Trinajstić information content (AvgIpc) is 2.58. The maximum Gasteiger partial charge on any atom is 0.495 e. The zero-order valence-corrected chi connectivity index (χ0v) is 11.2. The SMILES string of the molecule is CC1=C2C=COCC3=C2B(O[C@@H]1CN)O[C@@]3(C)CO. The number of aliphatic hydroxyl groups is 1. The van der Waals surface area contributed by atoms with E-state index in [1.807, 2.05) is 19.9 Å². The third-order valence-corrected chi connectivity index (χ3v) is 4.13. The number of allylic oxidation sites excluding steroid dienone is 3. The first-order valence-electron chi connectivity index (χ1n) is 6.47. The normalized spacial score (nSPS) is 33.5. The molecule has 0 spiro atoms. The van der Waals surface area contributed by atoms with Crippen molar-refractivity contribution in [1.82, 2.24) is 0 Å². The minimum atomic E-state index is -0.749. The van der Waals surface area contributed by atoms with Crippen LogP contribution in [0.25, 0.3) is 0 Å². The first-order valence-corrected chi connectivity index (χ1v) is 6.47. The van der Waals surface area contributed by atoms with Crippen LogP contribution in [0.3, 0.4) is 0 Å². The second kappa shape index (κ2) is 4.49. The summed E-state index contributed by atoms with van der Waals surface area (Å²) in [5.41, 5.74) is 9.10. The van der Waals surface area contributed by atoms with Gasteiger partial charge in [-0.1, -0.05) is 0 Å². The van der Waals surface area contributed by atoms with Crippen LogP contribution in [0, 0.1) is 0 Å². The second-order valence-electron chi connectivity index (χ2n) is 5.30. The number of hydrogen-bond acceptors (Lipinski definition) is 5. The number of aliphatic hydroxyl groups excluding tert-OH is 1. The van der Waals surface area contributed by atoms with Gasteiger partial charge in [-0.2, -0.15) is 0 Å². The fourth-order valence-electron chi connectivity index (χ4n) is 2.88. The van der Waals surface area contributed by atoms with E-state index >= 15 is 0 Å². The molecule has 0 saturated carbocycles. The molecule has 3 rings (SSSR count). The van der Waals surface area contributed by atoms with Gasteiger partial charge < -0.3 is 24.9 Å². The van der Waals surface area contributed by atoms with Crippen LogP contribution < -0.4 is 5.73 Å². The van der Waals surface area contributed by atoms with E-state index in [0.29, 0.717) is 13.2 Å². The molecule has 0 bridgehead atoms. The molecule has 3 N–H and O–H groups in total. The Kier molecular flexibility index (Phi) is 3.06. The molecule has 102 valence electrons. The number of ether oxygens (including phenoxy) is 1. The summed E-state index contributed by atoms with van der Waals surface area (Å²) < 4.78 is 17.3. The van der Waals surface area contributed by atoms with Gasteiger partial charge in [-0.05, 0) is 42.1 Å². The van der Waals surface area contributed by atoms with Crippen molar-refractivity contribution in [3.05, 3.63) is 34.5 Å². The molecule has 3 aliphatic rings. The number of rotatable bonds is 2. The standard InChI is InChI=1S/C13H18BNO4/c1-8-9-3-4-17-6-10-12(9)14(18-11(8)5-15)19-13(10,2)7-16/h3-4,11,16H,5-7,15H2,1-2H3/t11-,13+/m1/s1. The Morgan fingerprint density at radius 1 is 1.58 bits per heavy atom. The van der Waals surface area contributed by atoms with Crippen LogP contribution in [0.15, 0.2) is 34.5 Å². The zero-order valence-electron chi connectivity index (χ0n) is 11.2. The van der Waals surface area contributed by atoms with Gasteiger partial charge in [0.05, 0.1) is 24.6 Å². The Morgan fingerprint density at radius 2 is 2.37 bits per heavy atom. The summed E-state index contributed by atoms with van der Waals surface area (Å²) >= 11 is 0. The highest BCUT2D eigenvalue weighted by Gasteiger charge is 2.51. The molecule has 0 radical (unpaired) electrons. The van der Waals surface area contributed by atoms with E-state index < -0.39 is 12.7 Å². The molecular weight excluding hydrogens is 245 g/mol. The Balaban J connectivity index is 2.16. The van der Waals surface area contributed by atoms with Crippen molar-refractivity contribution in [2.75, 3.05) is 19.8 Å². The van der Waals surface area contributed by atoms with E-state index in [0.717, 1.165) is 22.2 Å².